The second-order valence-electron chi connectivity index (χ2n) is 9.15. The second kappa shape index (κ2) is 16.1. The predicted octanol–water partition coefficient (Wildman–Crippen LogP) is 4.62. The molecule has 0 aliphatic carbocycles. The molecule has 0 aromatic carbocycles. The van der Waals surface area contributed by atoms with Gasteiger partial charge in [0.25, 0.3) is 0 Å². The van der Waals surface area contributed by atoms with Gasteiger partial charge in [-0.2, -0.15) is 0 Å². The first-order chi connectivity index (χ1) is 14.9. The fraction of sp³-hybridized carbons (Fsp3) is 0.880. The van der Waals surface area contributed by atoms with Crippen LogP contribution in [-0.2, 0) is 14.4 Å². The zero-order valence-corrected chi connectivity index (χ0v) is 20.7. The third-order valence-corrected chi connectivity index (χ3v) is 6.41. The van der Waals surface area contributed by atoms with Crippen molar-refractivity contribution in [2.24, 2.45) is 0 Å². The van der Waals surface area contributed by atoms with Crippen LogP contribution >= 0.6 is 0 Å². The molecule has 1 unspecified atom stereocenters. The molecule has 0 aromatic rings. The van der Waals surface area contributed by atoms with E-state index in [4.69, 9.17) is 0 Å². The maximum atomic E-state index is 12.9. The SMILES string of the molecule is CCCCCCCN(C)C(=O)CCC(=O)N1CCCC1C(=O)N(C)CCCCCCC. The number of nitrogens with zero attached hydrogens (tertiary/aromatic N) is 3. The van der Waals surface area contributed by atoms with Gasteiger partial charge in [0.05, 0.1) is 0 Å². The van der Waals surface area contributed by atoms with E-state index in [9.17, 15) is 14.4 Å². The third kappa shape index (κ3) is 10.5. The lowest BCUT2D eigenvalue weighted by Crippen LogP contribution is -2.47. The average molecular weight is 438 g/mol. The Morgan fingerprint density at radius 2 is 1.32 bits per heavy atom. The number of carbonyl (C=O) groups excluding carboxylic acids is 3. The molecule has 0 N–H and O–H groups in total. The monoisotopic (exact) mass is 437 g/mol. The Morgan fingerprint density at radius 1 is 0.774 bits per heavy atom. The van der Waals surface area contributed by atoms with E-state index in [1.54, 1.807) is 14.7 Å². The van der Waals surface area contributed by atoms with Crippen molar-refractivity contribution >= 4 is 17.7 Å². The summed E-state index contributed by atoms with van der Waals surface area (Å²) in [7, 11) is 3.67. The average Bonchev–Trinajstić information content (AvgIpc) is 3.26. The van der Waals surface area contributed by atoms with Gasteiger partial charge in [0.1, 0.15) is 6.04 Å². The standard InChI is InChI=1S/C25H47N3O3/c1-5-7-9-11-13-19-26(3)23(29)17-18-24(30)28-21-15-16-22(28)25(31)27(4)20-14-12-10-8-6-2/h22H,5-21H2,1-4H3. The summed E-state index contributed by atoms with van der Waals surface area (Å²) in [6, 6.07) is -0.348. The molecule has 3 amide bonds. The smallest absolute Gasteiger partial charge is 0.245 e. The Hall–Kier alpha value is -1.59. The second-order valence-corrected chi connectivity index (χ2v) is 9.15. The van der Waals surface area contributed by atoms with Crippen molar-refractivity contribution < 1.29 is 14.4 Å². The van der Waals surface area contributed by atoms with Crippen molar-refractivity contribution in [2.75, 3.05) is 33.7 Å². The van der Waals surface area contributed by atoms with Crippen LogP contribution in [0, 0.1) is 0 Å². The Balaban J connectivity index is 2.37. The molecule has 0 saturated carbocycles. The molecule has 1 saturated heterocycles. The fourth-order valence-corrected chi connectivity index (χ4v) is 4.26. The number of hydrogen-bond donors (Lipinski definition) is 0. The molecule has 1 rings (SSSR count). The van der Waals surface area contributed by atoms with Crippen LogP contribution in [0.4, 0.5) is 0 Å². The highest BCUT2D eigenvalue weighted by atomic mass is 16.2. The van der Waals surface area contributed by atoms with E-state index in [0.717, 1.165) is 51.6 Å². The van der Waals surface area contributed by atoms with E-state index in [1.165, 1.54) is 38.5 Å². The Kier molecular flexibility index (Phi) is 14.3. The molecule has 1 heterocycles. The maximum absolute atomic E-state index is 12.9. The fourth-order valence-electron chi connectivity index (χ4n) is 4.26. The first-order valence-electron chi connectivity index (χ1n) is 12.7. The number of likely N-dealkylation sites (N-methyl/N-ethyl adjacent to an activating group) is 1. The van der Waals surface area contributed by atoms with Gasteiger partial charge in [-0.1, -0.05) is 65.2 Å². The number of carbonyl (C=O) groups is 3. The van der Waals surface area contributed by atoms with Crippen LogP contribution in [0.25, 0.3) is 0 Å². The molecular weight excluding hydrogens is 390 g/mol. The maximum Gasteiger partial charge on any atom is 0.245 e. The topological polar surface area (TPSA) is 60.9 Å². The molecule has 1 aliphatic rings. The van der Waals surface area contributed by atoms with Crippen molar-refractivity contribution in [1.29, 1.82) is 0 Å². The van der Waals surface area contributed by atoms with Gasteiger partial charge in [0, 0.05) is 46.6 Å². The number of hydrogen-bond acceptors (Lipinski definition) is 3. The molecule has 1 fully saturated rings. The molecule has 31 heavy (non-hydrogen) atoms. The molecule has 6 heteroatoms. The summed E-state index contributed by atoms with van der Waals surface area (Å²) in [5, 5.41) is 0. The highest BCUT2D eigenvalue weighted by Crippen LogP contribution is 2.21. The van der Waals surface area contributed by atoms with Gasteiger partial charge >= 0.3 is 0 Å². The third-order valence-electron chi connectivity index (χ3n) is 6.41. The van der Waals surface area contributed by atoms with Crippen LogP contribution in [0.5, 0.6) is 0 Å². The van der Waals surface area contributed by atoms with E-state index in [2.05, 4.69) is 13.8 Å². The van der Waals surface area contributed by atoms with Gasteiger partial charge in [-0.05, 0) is 25.7 Å². The Labute approximate surface area is 190 Å². The lowest BCUT2D eigenvalue weighted by Gasteiger charge is -2.28. The van der Waals surface area contributed by atoms with Crippen molar-refractivity contribution in [3.63, 3.8) is 0 Å². The van der Waals surface area contributed by atoms with E-state index < -0.39 is 0 Å². The zero-order valence-electron chi connectivity index (χ0n) is 20.7. The molecule has 6 nitrogen and oxygen atoms in total. The summed E-state index contributed by atoms with van der Waals surface area (Å²) in [6.07, 6.45) is 13.7. The summed E-state index contributed by atoms with van der Waals surface area (Å²) >= 11 is 0. The lowest BCUT2D eigenvalue weighted by molar-refractivity contribution is -0.144. The summed E-state index contributed by atoms with van der Waals surface area (Å²) in [6.45, 7) is 6.52. The highest BCUT2D eigenvalue weighted by Gasteiger charge is 2.35. The van der Waals surface area contributed by atoms with Gasteiger partial charge in [-0.3, -0.25) is 14.4 Å². The highest BCUT2D eigenvalue weighted by molar-refractivity contribution is 5.89. The van der Waals surface area contributed by atoms with Gasteiger partial charge in [-0.15, -0.1) is 0 Å². The van der Waals surface area contributed by atoms with E-state index in [1.807, 2.05) is 14.1 Å². The molecule has 1 aliphatic heterocycles. The molecular formula is C25H47N3O3. The molecule has 180 valence electrons. The normalized spacial score (nSPS) is 15.9. The van der Waals surface area contributed by atoms with Crippen LogP contribution in [0.3, 0.4) is 0 Å². The summed E-state index contributed by atoms with van der Waals surface area (Å²) in [5.74, 6) is 0.0175. The van der Waals surface area contributed by atoms with Gasteiger partial charge in [-0.25, -0.2) is 0 Å². The van der Waals surface area contributed by atoms with Gasteiger partial charge in [0.2, 0.25) is 17.7 Å². The van der Waals surface area contributed by atoms with Crippen molar-refractivity contribution in [2.45, 2.75) is 110 Å². The number of unbranched alkanes of at least 4 members (excludes halogenated alkanes) is 8. The van der Waals surface area contributed by atoms with Crippen LogP contribution in [0.2, 0.25) is 0 Å². The van der Waals surface area contributed by atoms with Gasteiger partial charge in [0.15, 0.2) is 0 Å². The molecule has 0 bridgehead atoms. The van der Waals surface area contributed by atoms with Crippen molar-refractivity contribution in [1.82, 2.24) is 14.7 Å². The number of rotatable bonds is 16. The minimum Gasteiger partial charge on any atom is -0.346 e. The van der Waals surface area contributed by atoms with E-state index >= 15 is 0 Å². The molecule has 0 spiro atoms. The van der Waals surface area contributed by atoms with Crippen LogP contribution in [0.15, 0.2) is 0 Å². The quantitative estimate of drug-likeness (QED) is 0.331. The van der Waals surface area contributed by atoms with E-state index in [-0.39, 0.29) is 36.6 Å². The van der Waals surface area contributed by atoms with Crippen LogP contribution in [0.1, 0.15) is 104 Å². The predicted molar refractivity (Wildman–Crippen MR) is 127 cm³/mol. The minimum absolute atomic E-state index is 0.0233. The van der Waals surface area contributed by atoms with Crippen LogP contribution < -0.4 is 0 Å². The molecule has 0 radical (unpaired) electrons. The largest absolute Gasteiger partial charge is 0.346 e. The lowest BCUT2D eigenvalue weighted by atomic mass is 10.1. The summed E-state index contributed by atoms with van der Waals surface area (Å²) < 4.78 is 0. The van der Waals surface area contributed by atoms with E-state index in [0.29, 0.717) is 6.54 Å². The molecule has 1 atom stereocenters. The first-order valence-corrected chi connectivity index (χ1v) is 12.7. The van der Waals surface area contributed by atoms with Crippen LogP contribution in [-0.4, -0.2) is 72.2 Å². The minimum atomic E-state index is -0.348. The number of amides is 3. The van der Waals surface area contributed by atoms with Crippen molar-refractivity contribution in [3.05, 3.63) is 0 Å². The first kappa shape index (κ1) is 27.4. The van der Waals surface area contributed by atoms with Crippen molar-refractivity contribution in [3.8, 4) is 0 Å². The molecule has 0 aromatic heterocycles. The zero-order chi connectivity index (χ0) is 23.1. The number of likely N-dealkylation sites (tertiary alicyclic amines) is 1. The van der Waals surface area contributed by atoms with Gasteiger partial charge < -0.3 is 14.7 Å². The Bertz CT molecular complexity index is 538. The summed E-state index contributed by atoms with van der Waals surface area (Å²) in [4.78, 5) is 43.3. The Morgan fingerprint density at radius 3 is 1.90 bits per heavy atom. The summed E-state index contributed by atoms with van der Waals surface area (Å²) in [5.41, 5.74) is 0.